The fraction of sp³-hybridized carbons (Fsp3) is 0.300. The Bertz CT molecular complexity index is 887. The zero-order valence-electron chi connectivity index (χ0n) is 15.5. The van der Waals surface area contributed by atoms with Crippen molar-refractivity contribution in [3.05, 3.63) is 57.6 Å². The van der Waals surface area contributed by atoms with Crippen molar-refractivity contribution in [2.24, 2.45) is 4.99 Å². The lowest BCUT2D eigenvalue weighted by Gasteiger charge is -2.18. The van der Waals surface area contributed by atoms with Gasteiger partial charge in [0.1, 0.15) is 12.4 Å². The predicted octanol–water partition coefficient (Wildman–Crippen LogP) is 3.62. The van der Waals surface area contributed by atoms with Crippen LogP contribution in [-0.2, 0) is 17.8 Å². The number of anilines is 1. The number of nitrogens with one attached hydrogen (secondary N) is 3. The third-order valence-electron chi connectivity index (χ3n) is 4.32. The maximum Gasteiger partial charge on any atom is 0.224 e. The van der Waals surface area contributed by atoms with E-state index in [4.69, 9.17) is 27.9 Å². The molecule has 148 valence electrons. The Labute approximate surface area is 174 Å². The first-order valence-electron chi connectivity index (χ1n) is 8.99. The molecule has 1 heterocycles. The molecule has 3 N–H and O–H groups in total. The highest BCUT2D eigenvalue weighted by atomic mass is 35.5. The molecule has 0 atom stereocenters. The van der Waals surface area contributed by atoms with E-state index in [1.807, 2.05) is 24.3 Å². The van der Waals surface area contributed by atoms with Crippen LogP contribution in [0.3, 0.4) is 0 Å². The Morgan fingerprint density at radius 3 is 2.82 bits per heavy atom. The van der Waals surface area contributed by atoms with E-state index in [0.717, 1.165) is 29.0 Å². The summed E-state index contributed by atoms with van der Waals surface area (Å²) >= 11 is 12.1. The molecule has 0 saturated carbocycles. The van der Waals surface area contributed by atoms with Gasteiger partial charge in [-0.15, -0.1) is 0 Å². The molecule has 0 unspecified atom stereocenters. The highest BCUT2D eigenvalue weighted by Crippen LogP contribution is 2.26. The number of guanidine groups is 1. The van der Waals surface area contributed by atoms with Crippen LogP contribution < -0.4 is 20.7 Å². The normalized spacial score (nSPS) is 13.5. The standard InChI is InChI=1S/C20H22Cl2N4O2/c1-23-20(25-12-14-2-4-15(21)11-17(14)22)24-8-9-28-16-5-6-18-13(10-16)3-7-19(27)26-18/h2,4-6,10-11H,3,7-9,12H2,1H3,(H,26,27)(H2,23,24,25). The van der Waals surface area contributed by atoms with Crippen LogP contribution in [0.25, 0.3) is 0 Å². The number of amides is 1. The first-order valence-corrected chi connectivity index (χ1v) is 9.75. The lowest BCUT2D eigenvalue weighted by Crippen LogP contribution is -2.38. The largest absolute Gasteiger partial charge is 0.492 e. The van der Waals surface area contributed by atoms with Gasteiger partial charge in [0, 0.05) is 35.7 Å². The summed E-state index contributed by atoms with van der Waals surface area (Å²) in [5, 5.41) is 10.5. The number of hydrogen-bond donors (Lipinski definition) is 3. The minimum Gasteiger partial charge on any atom is -0.492 e. The minimum atomic E-state index is 0.0594. The van der Waals surface area contributed by atoms with Crippen molar-refractivity contribution < 1.29 is 9.53 Å². The maximum absolute atomic E-state index is 11.4. The Kier molecular flexibility index (Phi) is 7.01. The third kappa shape index (κ3) is 5.53. The quantitative estimate of drug-likeness (QED) is 0.379. The summed E-state index contributed by atoms with van der Waals surface area (Å²) in [5.41, 5.74) is 2.90. The zero-order chi connectivity index (χ0) is 19.9. The zero-order valence-corrected chi connectivity index (χ0v) is 17.0. The van der Waals surface area contributed by atoms with Gasteiger partial charge in [0.15, 0.2) is 5.96 Å². The molecule has 0 spiro atoms. The summed E-state index contributed by atoms with van der Waals surface area (Å²) in [7, 11) is 1.71. The third-order valence-corrected chi connectivity index (χ3v) is 4.91. The number of ether oxygens (including phenoxy) is 1. The summed E-state index contributed by atoms with van der Waals surface area (Å²) in [5.74, 6) is 1.50. The number of fused-ring (bicyclic) bond motifs is 1. The number of nitrogens with zero attached hydrogens (tertiary/aromatic N) is 1. The van der Waals surface area contributed by atoms with E-state index in [-0.39, 0.29) is 5.91 Å². The molecule has 0 fully saturated rings. The average molecular weight is 421 g/mol. The SMILES string of the molecule is CN=C(NCCOc1ccc2c(c1)CCC(=O)N2)NCc1ccc(Cl)cc1Cl. The van der Waals surface area contributed by atoms with Gasteiger partial charge in [0.25, 0.3) is 0 Å². The number of carbonyl (C=O) groups excluding carboxylic acids is 1. The number of aryl methyl sites for hydroxylation is 1. The lowest BCUT2D eigenvalue weighted by molar-refractivity contribution is -0.116. The van der Waals surface area contributed by atoms with Crippen molar-refractivity contribution in [1.29, 1.82) is 0 Å². The summed E-state index contributed by atoms with van der Waals surface area (Å²) in [6, 6.07) is 11.1. The van der Waals surface area contributed by atoms with E-state index in [9.17, 15) is 4.79 Å². The molecule has 6 nitrogen and oxygen atoms in total. The topological polar surface area (TPSA) is 74.8 Å². The molecule has 1 amide bonds. The van der Waals surface area contributed by atoms with Crippen LogP contribution in [0.15, 0.2) is 41.4 Å². The predicted molar refractivity (Wildman–Crippen MR) is 114 cm³/mol. The van der Waals surface area contributed by atoms with Crippen LogP contribution in [-0.4, -0.2) is 32.1 Å². The summed E-state index contributed by atoms with van der Waals surface area (Å²) in [6.45, 7) is 1.60. The molecule has 0 aliphatic carbocycles. The van der Waals surface area contributed by atoms with Crippen molar-refractivity contribution in [3.63, 3.8) is 0 Å². The molecule has 0 aromatic heterocycles. The monoisotopic (exact) mass is 420 g/mol. The average Bonchev–Trinajstić information content (AvgIpc) is 2.68. The van der Waals surface area contributed by atoms with Gasteiger partial charge in [0.05, 0.1) is 6.54 Å². The van der Waals surface area contributed by atoms with Gasteiger partial charge in [0.2, 0.25) is 5.91 Å². The molecule has 1 aliphatic heterocycles. The highest BCUT2D eigenvalue weighted by Gasteiger charge is 2.14. The second-order valence-corrected chi connectivity index (χ2v) is 7.15. The molecule has 2 aromatic rings. The molecule has 0 radical (unpaired) electrons. The Balaban J connectivity index is 1.43. The van der Waals surface area contributed by atoms with E-state index >= 15 is 0 Å². The highest BCUT2D eigenvalue weighted by molar-refractivity contribution is 6.35. The number of halogens is 2. The number of aliphatic imine (C=N–C) groups is 1. The molecule has 1 aliphatic rings. The first-order chi connectivity index (χ1) is 13.5. The molecule has 8 heteroatoms. The van der Waals surface area contributed by atoms with Gasteiger partial charge in [-0.2, -0.15) is 0 Å². The van der Waals surface area contributed by atoms with E-state index < -0.39 is 0 Å². The van der Waals surface area contributed by atoms with E-state index in [0.29, 0.717) is 42.1 Å². The summed E-state index contributed by atoms with van der Waals surface area (Å²) in [4.78, 5) is 15.6. The van der Waals surface area contributed by atoms with Gasteiger partial charge in [-0.05, 0) is 47.9 Å². The van der Waals surface area contributed by atoms with E-state index in [2.05, 4.69) is 20.9 Å². The van der Waals surface area contributed by atoms with Crippen molar-refractivity contribution in [1.82, 2.24) is 10.6 Å². The number of rotatable bonds is 6. The first kappa shape index (κ1) is 20.3. The van der Waals surface area contributed by atoms with Gasteiger partial charge >= 0.3 is 0 Å². The second kappa shape index (κ2) is 9.66. The Morgan fingerprint density at radius 2 is 2.04 bits per heavy atom. The number of hydrogen-bond acceptors (Lipinski definition) is 3. The fourth-order valence-corrected chi connectivity index (χ4v) is 3.33. The molecule has 0 saturated heterocycles. The van der Waals surface area contributed by atoms with E-state index in [1.54, 1.807) is 19.2 Å². The van der Waals surface area contributed by atoms with Crippen LogP contribution in [0, 0.1) is 0 Å². The summed E-state index contributed by atoms with van der Waals surface area (Å²) in [6.07, 6.45) is 1.25. The second-order valence-electron chi connectivity index (χ2n) is 6.30. The lowest BCUT2D eigenvalue weighted by atomic mass is 10.0. The summed E-state index contributed by atoms with van der Waals surface area (Å²) < 4.78 is 5.80. The van der Waals surface area contributed by atoms with Gasteiger partial charge in [-0.3, -0.25) is 9.79 Å². The molecular formula is C20H22Cl2N4O2. The van der Waals surface area contributed by atoms with Crippen LogP contribution in [0.1, 0.15) is 17.5 Å². The van der Waals surface area contributed by atoms with Crippen molar-refractivity contribution in [2.75, 3.05) is 25.5 Å². The fourth-order valence-electron chi connectivity index (χ4n) is 2.85. The maximum atomic E-state index is 11.4. The van der Waals surface area contributed by atoms with Crippen LogP contribution in [0.5, 0.6) is 5.75 Å². The van der Waals surface area contributed by atoms with Crippen LogP contribution >= 0.6 is 23.2 Å². The van der Waals surface area contributed by atoms with Gasteiger partial charge in [-0.1, -0.05) is 29.3 Å². The van der Waals surface area contributed by atoms with Crippen LogP contribution in [0.2, 0.25) is 10.0 Å². The van der Waals surface area contributed by atoms with Gasteiger partial charge in [-0.25, -0.2) is 0 Å². The molecule has 0 bridgehead atoms. The van der Waals surface area contributed by atoms with Crippen molar-refractivity contribution >= 4 is 40.8 Å². The molecule has 3 rings (SSSR count). The van der Waals surface area contributed by atoms with Crippen molar-refractivity contribution in [2.45, 2.75) is 19.4 Å². The molecule has 28 heavy (non-hydrogen) atoms. The Morgan fingerprint density at radius 1 is 1.18 bits per heavy atom. The molecule has 2 aromatic carbocycles. The van der Waals surface area contributed by atoms with Gasteiger partial charge < -0.3 is 20.7 Å². The number of carbonyl (C=O) groups is 1. The Hall–Kier alpha value is -2.44. The smallest absolute Gasteiger partial charge is 0.224 e. The van der Waals surface area contributed by atoms with E-state index in [1.165, 1.54) is 0 Å². The van der Waals surface area contributed by atoms with Crippen LogP contribution in [0.4, 0.5) is 5.69 Å². The molecular weight excluding hydrogens is 399 g/mol. The van der Waals surface area contributed by atoms with Crippen molar-refractivity contribution in [3.8, 4) is 5.75 Å². The minimum absolute atomic E-state index is 0.0594. The number of benzene rings is 2.